The molecule has 0 atom stereocenters. The molecule has 6 nitrogen and oxygen atoms in total. The Labute approximate surface area is 237 Å². The Morgan fingerprint density at radius 2 is 1.80 bits per heavy atom. The normalized spacial score (nSPS) is 18.4. The van der Waals surface area contributed by atoms with Crippen LogP contribution in [0.15, 0.2) is 95.0 Å². The van der Waals surface area contributed by atoms with E-state index in [1.165, 1.54) is 17.8 Å². The molecule has 40 heavy (non-hydrogen) atoms. The molecule has 0 radical (unpaired) electrons. The van der Waals surface area contributed by atoms with Crippen molar-refractivity contribution in [3.8, 4) is 0 Å². The number of morpholine rings is 1. The van der Waals surface area contributed by atoms with Crippen molar-refractivity contribution in [3.63, 3.8) is 0 Å². The molecule has 2 aliphatic rings. The second-order valence-corrected chi connectivity index (χ2v) is 11.0. The fraction of sp³-hybridized carbons (Fsp3) is 0.250. The summed E-state index contributed by atoms with van der Waals surface area (Å²) in [4.78, 5) is 23.3. The predicted octanol–water partition coefficient (Wildman–Crippen LogP) is 6.16. The van der Waals surface area contributed by atoms with Crippen LogP contribution in [0.25, 0.3) is 17.0 Å². The molecule has 3 aromatic carbocycles. The smallest absolute Gasteiger partial charge is 0.266 e. The van der Waals surface area contributed by atoms with Gasteiger partial charge in [-0.05, 0) is 77.9 Å². The molecule has 4 aromatic rings. The number of ether oxygens (including phenoxy) is 1. The average molecular weight is 555 g/mol. The number of rotatable bonds is 8. The zero-order valence-corrected chi connectivity index (χ0v) is 23.0. The van der Waals surface area contributed by atoms with Crippen molar-refractivity contribution in [3.05, 3.63) is 107 Å². The third-order valence-corrected chi connectivity index (χ3v) is 8.17. The Kier molecular flexibility index (Phi) is 8.09. The summed E-state index contributed by atoms with van der Waals surface area (Å²) in [6.07, 6.45) is 4.85. The van der Waals surface area contributed by atoms with Crippen LogP contribution in [0.3, 0.4) is 0 Å². The van der Waals surface area contributed by atoms with Crippen molar-refractivity contribution >= 4 is 45.5 Å². The first-order valence-electron chi connectivity index (χ1n) is 13.6. The van der Waals surface area contributed by atoms with Crippen LogP contribution in [0.5, 0.6) is 0 Å². The number of hydrogen-bond donors (Lipinski definition) is 0. The molecule has 8 heteroatoms. The maximum atomic E-state index is 13.7. The SMILES string of the molecule is O=C1/C(=C\c2ccc3c(ccn3Cc3cccc(F)c3)c2)SC(=Nc2ccccc2)N1CCCN1CCOCC1. The lowest BCUT2D eigenvalue weighted by atomic mass is 10.1. The zero-order chi connectivity index (χ0) is 27.3. The van der Waals surface area contributed by atoms with Crippen LogP contribution < -0.4 is 0 Å². The Balaban J connectivity index is 1.22. The average Bonchev–Trinajstić information content (AvgIpc) is 3.49. The number of halogens is 1. The van der Waals surface area contributed by atoms with Gasteiger partial charge >= 0.3 is 0 Å². The highest BCUT2D eigenvalue weighted by Crippen LogP contribution is 2.35. The Morgan fingerprint density at radius 1 is 0.950 bits per heavy atom. The number of carbonyl (C=O) groups excluding carboxylic acids is 1. The largest absolute Gasteiger partial charge is 0.379 e. The van der Waals surface area contributed by atoms with Gasteiger partial charge in [0.05, 0.1) is 23.8 Å². The van der Waals surface area contributed by atoms with Crippen LogP contribution in [0, 0.1) is 5.82 Å². The number of benzene rings is 3. The van der Waals surface area contributed by atoms with E-state index in [1.54, 1.807) is 12.1 Å². The van der Waals surface area contributed by atoms with Gasteiger partial charge in [-0.3, -0.25) is 14.6 Å². The lowest BCUT2D eigenvalue weighted by molar-refractivity contribution is -0.122. The molecule has 0 aliphatic carbocycles. The number of para-hydroxylation sites is 1. The van der Waals surface area contributed by atoms with E-state index in [-0.39, 0.29) is 11.7 Å². The van der Waals surface area contributed by atoms with E-state index in [1.807, 2.05) is 59.6 Å². The van der Waals surface area contributed by atoms with Gasteiger partial charge in [-0.1, -0.05) is 36.4 Å². The van der Waals surface area contributed by atoms with Gasteiger partial charge in [-0.2, -0.15) is 0 Å². The molecular weight excluding hydrogens is 523 g/mol. The maximum absolute atomic E-state index is 13.7. The number of carbonyl (C=O) groups is 1. The second kappa shape index (κ2) is 12.2. The minimum absolute atomic E-state index is 0.00886. The van der Waals surface area contributed by atoms with Crippen molar-refractivity contribution in [1.82, 2.24) is 14.4 Å². The predicted molar refractivity (Wildman–Crippen MR) is 160 cm³/mol. The van der Waals surface area contributed by atoms with Gasteiger partial charge in [0.2, 0.25) is 0 Å². The minimum atomic E-state index is -0.230. The number of amides is 1. The molecule has 0 spiro atoms. The van der Waals surface area contributed by atoms with Crippen LogP contribution in [-0.2, 0) is 16.1 Å². The van der Waals surface area contributed by atoms with E-state index in [0.717, 1.165) is 67.0 Å². The van der Waals surface area contributed by atoms with Gasteiger partial charge in [0.1, 0.15) is 5.82 Å². The summed E-state index contributed by atoms with van der Waals surface area (Å²) in [5.74, 6) is -0.239. The Bertz CT molecular complexity index is 1560. The van der Waals surface area contributed by atoms with Crippen molar-refractivity contribution < 1.29 is 13.9 Å². The van der Waals surface area contributed by atoms with E-state index < -0.39 is 0 Å². The molecule has 1 amide bonds. The van der Waals surface area contributed by atoms with E-state index in [2.05, 4.69) is 27.7 Å². The highest BCUT2D eigenvalue weighted by Gasteiger charge is 2.33. The first-order valence-corrected chi connectivity index (χ1v) is 14.4. The fourth-order valence-electron chi connectivity index (χ4n) is 5.11. The maximum Gasteiger partial charge on any atom is 0.266 e. The molecule has 2 saturated heterocycles. The van der Waals surface area contributed by atoms with Crippen LogP contribution in [0.4, 0.5) is 10.1 Å². The third kappa shape index (κ3) is 6.20. The lowest BCUT2D eigenvalue weighted by Crippen LogP contribution is -2.38. The summed E-state index contributed by atoms with van der Waals surface area (Å²) in [6.45, 7) is 5.55. The number of hydrogen-bond acceptors (Lipinski definition) is 5. The van der Waals surface area contributed by atoms with Gasteiger partial charge in [-0.25, -0.2) is 9.38 Å². The molecule has 0 unspecified atom stereocenters. The minimum Gasteiger partial charge on any atom is -0.379 e. The lowest BCUT2D eigenvalue weighted by Gasteiger charge is -2.27. The number of amidine groups is 1. The first kappa shape index (κ1) is 26.5. The first-order chi connectivity index (χ1) is 19.6. The second-order valence-electron chi connectivity index (χ2n) is 10.00. The Morgan fingerprint density at radius 3 is 2.62 bits per heavy atom. The molecule has 0 saturated carbocycles. The summed E-state index contributed by atoms with van der Waals surface area (Å²) >= 11 is 1.43. The van der Waals surface area contributed by atoms with Gasteiger partial charge < -0.3 is 9.30 Å². The molecule has 0 N–H and O–H groups in total. The van der Waals surface area contributed by atoms with Crippen molar-refractivity contribution in [1.29, 1.82) is 0 Å². The molecule has 2 fully saturated rings. The van der Waals surface area contributed by atoms with Gasteiger partial charge in [0.15, 0.2) is 5.17 Å². The molecule has 0 bridgehead atoms. The topological polar surface area (TPSA) is 50.1 Å². The summed E-state index contributed by atoms with van der Waals surface area (Å²) in [6, 6.07) is 24.7. The molecule has 2 aliphatic heterocycles. The highest BCUT2D eigenvalue weighted by atomic mass is 32.2. The van der Waals surface area contributed by atoms with E-state index >= 15 is 0 Å². The molecule has 204 valence electrons. The summed E-state index contributed by atoms with van der Waals surface area (Å²) in [7, 11) is 0. The number of aromatic nitrogens is 1. The summed E-state index contributed by atoms with van der Waals surface area (Å²) < 4.78 is 21.2. The third-order valence-electron chi connectivity index (χ3n) is 7.16. The van der Waals surface area contributed by atoms with E-state index in [0.29, 0.717) is 23.2 Å². The number of fused-ring (bicyclic) bond motifs is 1. The molecule has 1 aromatic heterocycles. The van der Waals surface area contributed by atoms with Crippen LogP contribution >= 0.6 is 11.8 Å². The van der Waals surface area contributed by atoms with Crippen molar-refractivity contribution in [2.75, 3.05) is 39.4 Å². The number of aliphatic imine (C=N–C) groups is 1. The summed E-state index contributed by atoms with van der Waals surface area (Å²) in [5.41, 5.74) is 3.77. The van der Waals surface area contributed by atoms with Crippen molar-refractivity contribution in [2.45, 2.75) is 13.0 Å². The molecule has 6 rings (SSSR count). The van der Waals surface area contributed by atoms with Crippen LogP contribution in [0.1, 0.15) is 17.5 Å². The van der Waals surface area contributed by atoms with Gasteiger partial charge in [0.25, 0.3) is 5.91 Å². The van der Waals surface area contributed by atoms with Crippen LogP contribution in [0.2, 0.25) is 0 Å². The highest BCUT2D eigenvalue weighted by molar-refractivity contribution is 8.18. The number of nitrogens with zero attached hydrogens (tertiary/aromatic N) is 4. The zero-order valence-electron chi connectivity index (χ0n) is 22.2. The Hall–Kier alpha value is -3.72. The number of thioether (sulfide) groups is 1. The monoisotopic (exact) mass is 554 g/mol. The van der Waals surface area contributed by atoms with Crippen molar-refractivity contribution in [2.24, 2.45) is 4.99 Å². The standard InChI is InChI=1S/C32H31FN4O2S/c33-27-7-4-6-25(21-27)23-36-15-12-26-20-24(10-11-29(26)36)22-30-31(38)37(14-5-13-35-16-18-39-19-17-35)32(40-30)34-28-8-2-1-3-9-28/h1-4,6-12,15,20-22H,5,13-14,16-19,23H2/b30-22+,34-32?. The van der Waals surface area contributed by atoms with Crippen LogP contribution in [-0.4, -0.2) is 64.8 Å². The molecule has 3 heterocycles. The fourth-order valence-corrected chi connectivity index (χ4v) is 6.13. The van der Waals surface area contributed by atoms with Gasteiger partial charge in [0, 0.05) is 49.8 Å². The quantitative estimate of drug-likeness (QED) is 0.245. The summed E-state index contributed by atoms with van der Waals surface area (Å²) in [5, 5.41) is 1.79. The molecular formula is C32H31FN4O2S. The van der Waals surface area contributed by atoms with E-state index in [4.69, 9.17) is 9.73 Å². The van der Waals surface area contributed by atoms with Gasteiger partial charge in [-0.15, -0.1) is 0 Å². The van der Waals surface area contributed by atoms with E-state index in [9.17, 15) is 9.18 Å².